The minimum atomic E-state index is -0.870. The van der Waals surface area contributed by atoms with E-state index in [1.165, 1.54) is 0 Å². The molecule has 35 heavy (non-hydrogen) atoms. The molecule has 0 aliphatic rings. The predicted molar refractivity (Wildman–Crippen MR) is 141 cm³/mol. The third-order valence-corrected chi connectivity index (χ3v) is 5.68. The van der Waals surface area contributed by atoms with E-state index in [0.717, 1.165) is 29.5 Å². The number of carbonyl (C=O) groups is 3. The molecule has 0 aromatic heterocycles. The van der Waals surface area contributed by atoms with Gasteiger partial charge < -0.3 is 20.3 Å². The van der Waals surface area contributed by atoms with Crippen LogP contribution in [0, 0.1) is 19.8 Å². The molecule has 7 heteroatoms. The maximum atomic E-state index is 13.9. The smallest absolute Gasteiger partial charge is 0.408 e. The van der Waals surface area contributed by atoms with Crippen molar-refractivity contribution in [3.05, 3.63) is 34.9 Å². The molecule has 0 heterocycles. The van der Waals surface area contributed by atoms with Crippen molar-refractivity contribution in [1.82, 2.24) is 15.5 Å². The van der Waals surface area contributed by atoms with Crippen LogP contribution >= 0.6 is 0 Å². The van der Waals surface area contributed by atoms with Gasteiger partial charge in [-0.05, 0) is 92.2 Å². The Hall–Kier alpha value is -2.57. The zero-order valence-corrected chi connectivity index (χ0v) is 23.6. The van der Waals surface area contributed by atoms with E-state index < -0.39 is 23.8 Å². The Labute approximate surface area is 212 Å². The number of amides is 3. The number of ether oxygens (including phenoxy) is 1. The topological polar surface area (TPSA) is 87.7 Å². The molecular formula is C28H47N3O4. The van der Waals surface area contributed by atoms with Gasteiger partial charge in [-0.2, -0.15) is 0 Å². The van der Waals surface area contributed by atoms with Crippen LogP contribution in [-0.4, -0.2) is 46.5 Å². The maximum Gasteiger partial charge on any atom is 0.408 e. The second-order valence-corrected chi connectivity index (χ2v) is 11.4. The van der Waals surface area contributed by atoms with Gasteiger partial charge in [0.05, 0.1) is 0 Å². The van der Waals surface area contributed by atoms with Crippen LogP contribution < -0.4 is 10.6 Å². The molecule has 0 fully saturated rings. The average Bonchev–Trinajstić information content (AvgIpc) is 2.69. The van der Waals surface area contributed by atoms with Gasteiger partial charge in [0.1, 0.15) is 17.7 Å². The van der Waals surface area contributed by atoms with Crippen molar-refractivity contribution < 1.29 is 19.1 Å². The van der Waals surface area contributed by atoms with E-state index in [2.05, 4.69) is 24.5 Å². The summed E-state index contributed by atoms with van der Waals surface area (Å²) in [6, 6.07) is 3.94. The summed E-state index contributed by atoms with van der Waals surface area (Å²) in [6.07, 6.45) is 0.978. The number of hydrogen-bond acceptors (Lipinski definition) is 4. The number of carbonyl (C=O) groups excluding carboxylic acids is 3. The number of alkyl carbamates (subject to hydrolysis) is 1. The Morgan fingerprint density at radius 2 is 1.54 bits per heavy atom. The highest BCUT2D eigenvalue weighted by atomic mass is 16.6. The summed E-state index contributed by atoms with van der Waals surface area (Å²) in [5, 5.41) is 5.67. The Bertz CT molecular complexity index is 873. The highest BCUT2D eigenvalue weighted by Gasteiger charge is 2.38. The van der Waals surface area contributed by atoms with Crippen molar-refractivity contribution in [2.24, 2.45) is 5.92 Å². The molecule has 1 aromatic carbocycles. The SMILES string of the molecule is Cc1ccc(C)c(C(C(=O)NC(C)C)N(C(=O)C(C)NC(=O)OC(C)(C)C)C(C)CCC(C)C)c1. The lowest BCUT2D eigenvalue weighted by Crippen LogP contribution is -2.55. The molecule has 0 saturated carbocycles. The third-order valence-electron chi connectivity index (χ3n) is 5.68. The fourth-order valence-corrected chi connectivity index (χ4v) is 3.92. The van der Waals surface area contributed by atoms with Crippen molar-refractivity contribution in [3.63, 3.8) is 0 Å². The highest BCUT2D eigenvalue weighted by molar-refractivity contribution is 5.92. The second kappa shape index (κ2) is 12.9. The first-order valence-corrected chi connectivity index (χ1v) is 12.7. The number of benzene rings is 1. The Morgan fingerprint density at radius 1 is 0.943 bits per heavy atom. The molecule has 0 aliphatic carbocycles. The van der Waals surface area contributed by atoms with Crippen LogP contribution in [0.15, 0.2) is 18.2 Å². The zero-order chi connectivity index (χ0) is 27.1. The normalized spacial score (nSPS) is 14.3. The summed E-state index contributed by atoms with van der Waals surface area (Å²) in [6.45, 7) is 20.9. The largest absolute Gasteiger partial charge is 0.444 e. The summed E-state index contributed by atoms with van der Waals surface area (Å²) < 4.78 is 5.36. The molecule has 0 spiro atoms. The van der Waals surface area contributed by atoms with Gasteiger partial charge in [-0.15, -0.1) is 0 Å². The van der Waals surface area contributed by atoms with Crippen LogP contribution in [0.4, 0.5) is 4.79 Å². The van der Waals surface area contributed by atoms with Crippen molar-refractivity contribution in [2.75, 3.05) is 0 Å². The number of aryl methyl sites for hydroxylation is 2. The molecule has 0 aliphatic heterocycles. The van der Waals surface area contributed by atoms with Gasteiger partial charge in [-0.1, -0.05) is 37.6 Å². The number of hydrogen-bond donors (Lipinski definition) is 2. The van der Waals surface area contributed by atoms with Crippen molar-refractivity contribution in [1.29, 1.82) is 0 Å². The molecule has 3 unspecified atom stereocenters. The van der Waals surface area contributed by atoms with E-state index in [1.807, 2.05) is 52.8 Å². The fourth-order valence-electron chi connectivity index (χ4n) is 3.92. The van der Waals surface area contributed by atoms with Crippen molar-refractivity contribution in [3.8, 4) is 0 Å². The van der Waals surface area contributed by atoms with E-state index in [-0.39, 0.29) is 23.9 Å². The van der Waals surface area contributed by atoms with Gasteiger partial charge in [-0.25, -0.2) is 4.79 Å². The van der Waals surface area contributed by atoms with E-state index in [9.17, 15) is 14.4 Å². The van der Waals surface area contributed by atoms with Crippen LogP contribution in [0.3, 0.4) is 0 Å². The van der Waals surface area contributed by atoms with Gasteiger partial charge in [0.25, 0.3) is 0 Å². The first-order chi connectivity index (χ1) is 16.0. The molecular weight excluding hydrogens is 442 g/mol. The van der Waals surface area contributed by atoms with Gasteiger partial charge in [0, 0.05) is 12.1 Å². The van der Waals surface area contributed by atoms with Crippen LogP contribution in [0.5, 0.6) is 0 Å². The first-order valence-electron chi connectivity index (χ1n) is 12.7. The van der Waals surface area contributed by atoms with E-state index in [1.54, 1.807) is 32.6 Å². The van der Waals surface area contributed by atoms with Crippen LogP contribution in [0.25, 0.3) is 0 Å². The van der Waals surface area contributed by atoms with E-state index >= 15 is 0 Å². The lowest BCUT2D eigenvalue weighted by Gasteiger charge is -2.39. The Morgan fingerprint density at radius 3 is 2.06 bits per heavy atom. The molecule has 7 nitrogen and oxygen atoms in total. The third kappa shape index (κ3) is 9.90. The number of nitrogens with zero attached hydrogens (tertiary/aromatic N) is 1. The predicted octanol–water partition coefficient (Wildman–Crippen LogP) is 5.44. The highest BCUT2D eigenvalue weighted by Crippen LogP contribution is 2.30. The molecule has 0 radical (unpaired) electrons. The Balaban J connectivity index is 3.52. The van der Waals surface area contributed by atoms with Gasteiger partial charge in [0.15, 0.2) is 0 Å². The lowest BCUT2D eigenvalue weighted by atomic mass is 9.93. The molecule has 3 atom stereocenters. The van der Waals surface area contributed by atoms with Crippen molar-refractivity contribution in [2.45, 2.75) is 119 Å². The molecule has 3 amide bonds. The summed E-state index contributed by atoms with van der Waals surface area (Å²) in [5.41, 5.74) is 2.05. The lowest BCUT2D eigenvalue weighted by molar-refractivity contribution is -0.145. The number of nitrogens with one attached hydrogen (secondary N) is 2. The summed E-state index contributed by atoms with van der Waals surface area (Å²) >= 11 is 0. The fraction of sp³-hybridized carbons (Fsp3) is 0.679. The van der Waals surface area contributed by atoms with Gasteiger partial charge in [-0.3, -0.25) is 9.59 Å². The standard InChI is InChI=1S/C28H47N3O4/c1-17(2)12-15-21(7)31(26(33)22(8)30-27(34)35-28(9,10)11)24(25(32)29-18(3)4)23-16-19(5)13-14-20(23)6/h13-14,16-18,21-22,24H,12,15H2,1-11H3,(H,29,32)(H,30,34). The monoisotopic (exact) mass is 489 g/mol. The van der Waals surface area contributed by atoms with E-state index in [0.29, 0.717) is 5.92 Å². The quantitative estimate of drug-likeness (QED) is 0.458. The summed E-state index contributed by atoms with van der Waals surface area (Å²) in [7, 11) is 0. The zero-order valence-electron chi connectivity index (χ0n) is 23.6. The first kappa shape index (κ1) is 30.5. The van der Waals surface area contributed by atoms with Gasteiger partial charge in [0.2, 0.25) is 11.8 Å². The van der Waals surface area contributed by atoms with Crippen LogP contribution in [0.1, 0.15) is 97.9 Å². The maximum absolute atomic E-state index is 13.9. The summed E-state index contributed by atoms with van der Waals surface area (Å²) in [4.78, 5) is 41.6. The average molecular weight is 490 g/mol. The molecule has 1 aromatic rings. The molecule has 2 N–H and O–H groups in total. The minimum absolute atomic E-state index is 0.0876. The molecule has 1 rings (SSSR count). The van der Waals surface area contributed by atoms with E-state index in [4.69, 9.17) is 4.74 Å². The van der Waals surface area contributed by atoms with Gasteiger partial charge >= 0.3 is 6.09 Å². The van der Waals surface area contributed by atoms with Crippen LogP contribution in [-0.2, 0) is 14.3 Å². The molecule has 198 valence electrons. The Kier molecular flexibility index (Phi) is 11.3. The summed E-state index contributed by atoms with van der Waals surface area (Å²) in [5.74, 6) is -0.102. The molecule has 0 saturated heterocycles. The number of rotatable bonds is 10. The van der Waals surface area contributed by atoms with Crippen molar-refractivity contribution >= 4 is 17.9 Å². The minimum Gasteiger partial charge on any atom is -0.444 e. The van der Waals surface area contributed by atoms with Crippen LogP contribution in [0.2, 0.25) is 0 Å². The molecule has 0 bridgehead atoms. The second-order valence-electron chi connectivity index (χ2n) is 11.4.